The van der Waals surface area contributed by atoms with Gasteiger partial charge >= 0.3 is 5.82 Å². The second kappa shape index (κ2) is 8.44. The van der Waals surface area contributed by atoms with E-state index < -0.39 is 10.8 Å². The van der Waals surface area contributed by atoms with Gasteiger partial charge in [0.05, 0.1) is 35.9 Å². The first-order valence-corrected chi connectivity index (χ1v) is 9.39. The third kappa shape index (κ3) is 5.00. The van der Waals surface area contributed by atoms with Crippen molar-refractivity contribution in [1.29, 1.82) is 0 Å². The van der Waals surface area contributed by atoms with Crippen molar-refractivity contribution < 1.29 is 9.72 Å². The molecule has 3 rings (SSSR count). The zero-order valence-corrected chi connectivity index (χ0v) is 17.1. The van der Waals surface area contributed by atoms with Crippen molar-refractivity contribution in [3.8, 4) is 0 Å². The number of halogens is 1. The maximum Gasteiger partial charge on any atom is 0.390 e. The highest BCUT2D eigenvalue weighted by molar-refractivity contribution is 6.30. The molecule has 0 fully saturated rings. The Hall–Kier alpha value is -3.20. The molecule has 0 aliphatic rings. The van der Waals surface area contributed by atoms with Gasteiger partial charge in [0.15, 0.2) is 5.82 Å². The summed E-state index contributed by atoms with van der Waals surface area (Å²) in [5.41, 5.74) is 2.52. The Bertz CT molecular complexity index is 1060. The minimum absolute atomic E-state index is 0.230. The maximum atomic E-state index is 12.5. The van der Waals surface area contributed by atoms with Crippen molar-refractivity contribution in [2.75, 3.05) is 5.32 Å². The van der Waals surface area contributed by atoms with Gasteiger partial charge < -0.3 is 15.4 Å². The summed E-state index contributed by atoms with van der Waals surface area (Å²) >= 11 is 6.03. The fraction of sp³-hybridized carbons (Fsp3) is 0.316. The molecule has 0 saturated heterocycles. The molecular weight excluding hydrogens is 396 g/mol. The molecule has 1 atom stereocenters. The van der Waals surface area contributed by atoms with E-state index >= 15 is 0 Å². The van der Waals surface area contributed by atoms with Gasteiger partial charge in [0.25, 0.3) is 0 Å². The van der Waals surface area contributed by atoms with E-state index in [-0.39, 0.29) is 18.3 Å². The van der Waals surface area contributed by atoms with Crippen molar-refractivity contribution >= 4 is 29.1 Å². The largest absolute Gasteiger partial charge is 0.390 e. The number of nitro groups is 1. The summed E-state index contributed by atoms with van der Waals surface area (Å²) in [7, 11) is 0. The average molecular weight is 417 g/mol. The molecule has 1 aromatic carbocycles. The number of aryl methyl sites for hydroxylation is 2. The summed E-state index contributed by atoms with van der Waals surface area (Å²) in [4.78, 5) is 22.8. The standard InChI is InChI=1S/C19H21ClN6O3/c1-12(10-24-14(3)8-18(23-24)26(28)29)19(27)21-17-7-13(2)25(22-17)11-15-5-4-6-16(20)9-15/h4-9,12H,10-11H2,1-3H3,(H,21,22,27). The van der Waals surface area contributed by atoms with E-state index in [2.05, 4.69) is 15.5 Å². The van der Waals surface area contributed by atoms with Crippen LogP contribution in [0, 0.1) is 29.9 Å². The van der Waals surface area contributed by atoms with E-state index in [0.717, 1.165) is 11.3 Å². The van der Waals surface area contributed by atoms with E-state index in [1.807, 2.05) is 31.2 Å². The number of carbonyl (C=O) groups is 1. The lowest BCUT2D eigenvalue weighted by molar-refractivity contribution is -0.389. The highest BCUT2D eigenvalue weighted by Gasteiger charge is 2.21. The number of amides is 1. The van der Waals surface area contributed by atoms with Gasteiger partial charge in [-0.05, 0) is 36.5 Å². The number of anilines is 1. The number of nitrogens with one attached hydrogen (secondary N) is 1. The molecule has 1 unspecified atom stereocenters. The van der Waals surface area contributed by atoms with Crippen LogP contribution in [-0.2, 0) is 17.9 Å². The Morgan fingerprint density at radius 2 is 1.93 bits per heavy atom. The van der Waals surface area contributed by atoms with Crippen LogP contribution in [-0.4, -0.2) is 30.4 Å². The number of carbonyl (C=O) groups excluding carboxylic acids is 1. The fourth-order valence-electron chi connectivity index (χ4n) is 2.90. The maximum absolute atomic E-state index is 12.5. The second-order valence-electron chi connectivity index (χ2n) is 6.93. The first-order valence-electron chi connectivity index (χ1n) is 9.01. The summed E-state index contributed by atoms with van der Waals surface area (Å²) in [6, 6.07) is 10.7. The molecule has 9 nitrogen and oxygen atoms in total. The highest BCUT2D eigenvalue weighted by Crippen LogP contribution is 2.17. The van der Waals surface area contributed by atoms with Gasteiger partial charge in [-0.2, -0.15) is 9.78 Å². The number of hydrogen-bond donors (Lipinski definition) is 1. The molecule has 0 spiro atoms. The van der Waals surface area contributed by atoms with Crippen molar-refractivity contribution in [1.82, 2.24) is 19.6 Å². The molecule has 0 saturated carbocycles. The van der Waals surface area contributed by atoms with E-state index in [9.17, 15) is 14.9 Å². The zero-order chi connectivity index (χ0) is 21.1. The van der Waals surface area contributed by atoms with Gasteiger partial charge in [0.1, 0.15) is 0 Å². The van der Waals surface area contributed by atoms with Gasteiger partial charge in [0.2, 0.25) is 5.91 Å². The summed E-state index contributed by atoms with van der Waals surface area (Å²) in [6.07, 6.45) is 0. The molecule has 0 aliphatic carbocycles. The van der Waals surface area contributed by atoms with Crippen LogP contribution < -0.4 is 5.32 Å². The Morgan fingerprint density at radius 3 is 2.59 bits per heavy atom. The molecule has 0 aliphatic heterocycles. The molecule has 0 bridgehead atoms. The molecule has 2 heterocycles. The van der Waals surface area contributed by atoms with Crippen LogP contribution >= 0.6 is 11.6 Å². The monoisotopic (exact) mass is 416 g/mol. The molecule has 152 valence electrons. The van der Waals surface area contributed by atoms with Gasteiger partial charge in [-0.15, -0.1) is 0 Å². The van der Waals surface area contributed by atoms with E-state index in [1.54, 1.807) is 24.6 Å². The summed E-state index contributed by atoms with van der Waals surface area (Å²) < 4.78 is 3.25. The number of aromatic nitrogens is 4. The van der Waals surface area contributed by atoms with Crippen LogP contribution in [0.3, 0.4) is 0 Å². The van der Waals surface area contributed by atoms with E-state index in [0.29, 0.717) is 23.1 Å². The van der Waals surface area contributed by atoms with Crippen molar-refractivity contribution in [2.45, 2.75) is 33.9 Å². The minimum Gasteiger partial charge on any atom is -0.358 e. The van der Waals surface area contributed by atoms with Crippen LogP contribution in [0.1, 0.15) is 23.9 Å². The highest BCUT2D eigenvalue weighted by atomic mass is 35.5. The molecular formula is C19H21ClN6O3. The van der Waals surface area contributed by atoms with Crippen molar-refractivity contribution in [2.24, 2.45) is 5.92 Å². The van der Waals surface area contributed by atoms with Gasteiger partial charge in [0, 0.05) is 16.8 Å². The molecule has 3 aromatic rings. The van der Waals surface area contributed by atoms with Crippen molar-refractivity contribution in [3.63, 3.8) is 0 Å². The molecule has 1 amide bonds. The number of hydrogen-bond acceptors (Lipinski definition) is 5. The third-order valence-corrected chi connectivity index (χ3v) is 4.74. The number of benzene rings is 1. The van der Waals surface area contributed by atoms with Crippen LogP contribution in [0.15, 0.2) is 36.4 Å². The Labute approximate surface area is 172 Å². The van der Waals surface area contributed by atoms with Gasteiger partial charge in [-0.1, -0.05) is 30.7 Å². The first-order chi connectivity index (χ1) is 13.7. The summed E-state index contributed by atoms with van der Waals surface area (Å²) in [5.74, 6) is -0.475. The smallest absolute Gasteiger partial charge is 0.358 e. The lowest BCUT2D eigenvalue weighted by Gasteiger charge is -2.10. The van der Waals surface area contributed by atoms with E-state index in [4.69, 9.17) is 11.6 Å². The van der Waals surface area contributed by atoms with Gasteiger partial charge in [-0.25, -0.2) is 0 Å². The predicted octanol–water partition coefficient (Wildman–Crippen LogP) is 3.58. The van der Waals surface area contributed by atoms with Crippen molar-refractivity contribution in [3.05, 3.63) is 68.5 Å². The Balaban J connectivity index is 1.65. The fourth-order valence-corrected chi connectivity index (χ4v) is 3.11. The lowest BCUT2D eigenvalue weighted by Crippen LogP contribution is -2.25. The van der Waals surface area contributed by atoms with Crippen LogP contribution in [0.4, 0.5) is 11.6 Å². The van der Waals surface area contributed by atoms with Crippen LogP contribution in [0.5, 0.6) is 0 Å². The quantitative estimate of drug-likeness (QED) is 0.467. The number of nitrogens with zero attached hydrogens (tertiary/aromatic N) is 5. The molecule has 2 aromatic heterocycles. The summed E-state index contributed by atoms with van der Waals surface area (Å²) in [5, 5.41) is 22.7. The Kier molecular flexibility index (Phi) is 5.97. The van der Waals surface area contributed by atoms with E-state index in [1.165, 1.54) is 10.7 Å². The van der Waals surface area contributed by atoms with Crippen LogP contribution in [0.25, 0.3) is 0 Å². The third-order valence-electron chi connectivity index (χ3n) is 4.50. The molecule has 29 heavy (non-hydrogen) atoms. The number of rotatable bonds is 7. The molecule has 10 heteroatoms. The average Bonchev–Trinajstić information content (AvgIpc) is 3.18. The summed E-state index contributed by atoms with van der Waals surface area (Å²) in [6.45, 7) is 6.12. The molecule has 0 radical (unpaired) electrons. The first kappa shape index (κ1) is 20.5. The normalized spacial score (nSPS) is 12.0. The second-order valence-corrected chi connectivity index (χ2v) is 7.37. The predicted molar refractivity (Wildman–Crippen MR) is 109 cm³/mol. The Morgan fingerprint density at radius 1 is 1.21 bits per heavy atom. The van der Waals surface area contributed by atoms with Crippen LogP contribution in [0.2, 0.25) is 5.02 Å². The molecule has 1 N–H and O–H groups in total. The SMILES string of the molecule is Cc1cc(NC(=O)C(C)Cn2nc([N+](=O)[O-])cc2C)nn1Cc1cccc(Cl)c1. The topological polar surface area (TPSA) is 108 Å². The zero-order valence-electron chi connectivity index (χ0n) is 16.3. The lowest BCUT2D eigenvalue weighted by atomic mass is 10.1. The van der Waals surface area contributed by atoms with Gasteiger partial charge in [-0.3, -0.25) is 9.48 Å². The minimum atomic E-state index is -0.552.